The van der Waals surface area contributed by atoms with E-state index in [9.17, 15) is 5.11 Å². The van der Waals surface area contributed by atoms with Crippen molar-refractivity contribution < 1.29 is 5.11 Å². The van der Waals surface area contributed by atoms with Gasteiger partial charge in [0.15, 0.2) is 0 Å². The van der Waals surface area contributed by atoms with Gasteiger partial charge in [0.1, 0.15) is 0 Å². The molecule has 0 radical (unpaired) electrons. The minimum absolute atomic E-state index is 0.0475. The average molecular weight is 314 g/mol. The molecule has 2 unspecified atom stereocenters. The van der Waals surface area contributed by atoms with Gasteiger partial charge in [-0.05, 0) is 43.9 Å². The molecule has 2 N–H and O–H groups in total. The molecule has 1 aliphatic rings. The number of hydrogen-bond donors (Lipinski definition) is 2. The van der Waals surface area contributed by atoms with E-state index < -0.39 is 0 Å². The molecular weight excluding hydrogens is 290 g/mol. The van der Waals surface area contributed by atoms with Crippen LogP contribution in [0.25, 0.3) is 0 Å². The molecule has 1 fully saturated rings. The predicted molar refractivity (Wildman–Crippen MR) is 88.5 cm³/mol. The summed E-state index contributed by atoms with van der Waals surface area (Å²) in [6, 6.07) is 8.06. The Morgan fingerprint density at radius 1 is 1.45 bits per heavy atom. The van der Waals surface area contributed by atoms with E-state index in [0.29, 0.717) is 5.25 Å². The van der Waals surface area contributed by atoms with Gasteiger partial charge in [0.05, 0.1) is 6.61 Å². The molecule has 2 nitrogen and oxygen atoms in total. The molecule has 1 aromatic carbocycles. The van der Waals surface area contributed by atoms with Crippen molar-refractivity contribution in [2.75, 3.05) is 13.2 Å². The van der Waals surface area contributed by atoms with E-state index in [1.54, 1.807) is 0 Å². The summed E-state index contributed by atoms with van der Waals surface area (Å²) >= 11 is 8.16. The van der Waals surface area contributed by atoms with Crippen LogP contribution < -0.4 is 5.32 Å². The predicted octanol–water partition coefficient (Wildman–Crippen LogP) is 3.86. The Balaban J connectivity index is 1.85. The smallest absolute Gasteiger partial charge is 0.0613 e. The average Bonchev–Trinajstić information content (AvgIpc) is 2.89. The van der Waals surface area contributed by atoms with Gasteiger partial charge in [-0.15, -0.1) is 0 Å². The first-order valence-electron chi connectivity index (χ1n) is 7.40. The van der Waals surface area contributed by atoms with Crippen LogP contribution in [0.15, 0.2) is 24.3 Å². The number of aliphatic hydroxyl groups is 1. The van der Waals surface area contributed by atoms with Crippen molar-refractivity contribution in [3.05, 3.63) is 34.9 Å². The zero-order valence-electron chi connectivity index (χ0n) is 12.1. The zero-order valence-corrected chi connectivity index (χ0v) is 13.6. The molecule has 1 aromatic rings. The Morgan fingerprint density at radius 3 is 2.95 bits per heavy atom. The lowest BCUT2D eigenvalue weighted by Gasteiger charge is -2.28. The molecule has 112 valence electrons. The van der Waals surface area contributed by atoms with Crippen LogP contribution in [0.1, 0.15) is 38.2 Å². The van der Waals surface area contributed by atoms with E-state index in [1.165, 1.54) is 12.0 Å². The maximum atomic E-state index is 9.70. The lowest BCUT2D eigenvalue weighted by molar-refractivity contribution is 0.165. The second-order valence-electron chi connectivity index (χ2n) is 5.63. The van der Waals surface area contributed by atoms with Gasteiger partial charge in [0, 0.05) is 21.6 Å². The van der Waals surface area contributed by atoms with Crippen molar-refractivity contribution in [2.45, 2.75) is 49.1 Å². The Kier molecular flexibility index (Phi) is 6.21. The molecule has 20 heavy (non-hydrogen) atoms. The fourth-order valence-electron chi connectivity index (χ4n) is 2.79. The molecule has 2 atom stereocenters. The van der Waals surface area contributed by atoms with Crippen LogP contribution >= 0.6 is 23.4 Å². The Labute approximate surface area is 131 Å². The molecular formula is C16H24ClNOS. The van der Waals surface area contributed by atoms with Gasteiger partial charge in [-0.2, -0.15) is 11.8 Å². The van der Waals surface area contributed by atoms with Crippen LogP contribution in [-0.2, 0) is 5.75 Å². The van der Waals surface area contributed by atoms with Crippen molar-refractivity contribution in [3.8, 4) is 0 Å². The summed E-state index contributed by atoms with van der Waals surface area (Å²) in [5, 5.41) is 14.7. The first-order valence-corrected chi connectivity index (χ1v) is 8.83. The third-order valence-corrected chi connectivity index (χ3v) is 5.77. The second kappa shape index (κ2) is 7.69. The van der Waals surface area contributed by atoms with Crippen molar-refractivity contribution in [1.82, 2.24) is 5.32 Å². The van der Waals surface area contributed by atoms with Crippen LogP contribution in [0, 0.1) is 0 Å². The molecule has 0 aliphatic heterocycles. The van der Waals surface area contributed by atoms with Gasteiger partial charge in [-0.3, -0.25) is 0 Å². The summed E-state index contributed by atoms with van der Waals surface area (Å²) in [5.41, 5.74) is 1.16. The van der Waals surface area contributed by atoms with E-state index in [0.717, 1.165) is 36.6 Å². The molecule has 0 spiro atoms. The molecule has 0 aromatic heterocycles. The topological polar surface area (TPSA) is 32.3 Å². The minimum Gasteiger partial charge on any atom is -0.394 e. The van der Waals surface area contributed by atoms with Gasteiger partial charge in [-0.25, -0.2) is 0 Å². The summed E-state index contributed by atoms with van der Waals surface area (Å²) in [7, 11) is 0. The Hall–Kier alpha value is -0.220. The molecule has 0 bridgehead atoms. The van der Waals surface area contributed by atoms with Crippen LogP contribution in [0.4, 0.5) is 0 Å². The molecule has 0 saturated heterocycles. The summed E-state index contributed by atoms with van der Waals surface area (Å²) in [4.78, 5) is 0. The van der Waals surface area contributed by atoms with E-state index >= 15 is 0 Å². The molecule has 1 saturated carbocycles. The third-order valence-electron chi connectivity index (χ3n) is 4.05. The number of halogens is 1. The maximum Gasteiger partial charge on any atom is 0.0613 e. The molecule has 0 heterocycles. The van der Waals surface area contributed by atoms with Crippen molar-refractivity contribution in [3.63, 3.8) is 0 Å². The van der Waals surface area contributed by atoms with Crippen molar-refractivity contribution in [1.29, 1.82) is 0 Å². The molecule has 2 rings (SSSR count). The summed E-state index contributed by atoms with van der Waals surface area (Å²) in [6.45, 7) is 3.40. The minimum atomic E-state index is -0.0475. The highest BCUT2D eigenvalue weighted by atomic mass is 35.5. The number of nitrogens with one attached hydrogen (secondary N) is 1. The third kappa shape index (κ3) is 4.14. The van der Waals surface area contributed by atoms with Gasteiger partial charge >= 0.3 is 0 Å². The van der Waals surface area contributed by atoms with Gasteiger partial charge in [0.2, 0.25) is 0 Å². The maximum absolute atomic E-state index is 9.70. The molecule has 0 amide bonds. The second-order valence-corrected chi connectivity index (χ2v) is 7.33. The summed E-state index contributed by atoms with van der Waals surface area (Å²) < 4.78 is 0. The van der Waals surface area contributed by atoms with E-state index in [2.05, 4.69) is 18.3 Å². The fraction of sp³-hybridized carbons (Fsp3) is 0.625. The SMILES string of the molecule is CCCNC1(CO)CCC(SCc2ccccc2Cl)C1. The highest BCUT2D eigenvalue weighted by Gasteiger charge is 2.38. The summed E-state index contributed by atoms with van der Waals surface area (Å²) in [6.07, 6.45) is 4.41. The Morgan fingerprint density at radius 2 is 2.25 bits per heavy atom. The number of hydrogen-bond acceptors (Lipinski definition) is 3. The quantitative estimate of drug-likeness (QED) is 0.802. The van der Waals surface area contributed by atoms with Crippen molar-refractivity contribution in [2.24, 2.45) is 0 Å². The number of thioether (sulfide) groups is 1. The highest BCUT2D eigenvalue weighted by Crippen LogP contribution is 2.38. The first-order chi connectivity index (χ1) is 9.69. The van der Waals surface area contributed by atoms with Crippen LogP contribution in [0.3, 0.4) is 0 Å². The molecule has 4 heteroatoms. The fourth-order valence-corrected chi connectivity index (χ4v) is 4.46. The van der Waals surface area contributed by atoms with E-state index in [1.807, 2.05) is 30.0 Å². The van der Waals surface area contributed by atoms with Crippen molar-refractivity contribution >= 4 is 23.4 Å². The number of rotatable bonds is 7. The largest absolute Gasteiger partial charge is 0.394 e. The van der Waals surface area contributed by atoms with E-state index in [-0.39, 0.29) is 12.1 Å². The number of aliphatic hydroxyl groups excluding tert-OH is 1. The van der Waals surface area contributed by atoms with E-state index in [4.69, 9.17) is 11.6 Å². The van der Waals surface area contributed by atoms with Gasteiger partial charge < -0.3 is 10.4 Å². The van der Waals surface area contributed by atoms with Crippen LogP contribution in [0.2, 0.25) is 5.02 Å². The number of benzene rings is 1. The summed E-state index contributed by atoms with van der Waals surface area (Å²) in [5.74, 6) is 0.958. The van der Waals surface area contributed by atoms with Crippen LogP contribution in [-0.4, -0.2) is 29.0 Å². The normalized spacial score (nSPS) is 26.1. The zero-order chi connectivity index (χ0) is 14.4. The highest BCUT2D eigenvalue weighted by molar-refractivity contribution is 7.99. The van der Waals surface area contributed by atoms with Gasteiger partial charge in [-0.1, -0.05) is 36.7 Å². The monoisotopic (exact) mass is 313 g/mol. The molecule has 1 aliphatic carbocycles. The lowest BCUT2D eigenvalue weighted by Crippen LogP contribution is -2.46. The van der Waals surface area contributed by atoms with Crippen LogP contribution in [0.5, 0.6) is 0 Å². The Bertz CT molecular complexity index is 429. The lowest BCUT2D eigenvalue weighted by atomic mass is 9.99. The first kappa shape index (κ1) is 16.2. The standard InChI is InChI=1S/C16H24ClNOS/c1-2-9-18-16(12-19)8-7-14(10-16)20-11-13-5-3-4-6-15(13)17/h3-6,14,18-19H,2,7-12H2,1H3. The van der Waals surface area contributed by atoms with Gasteiger partial charge in [0.25, 0.3) is 0 Å².